The molecular formula is C24H22N4O2. The van der Waals surface area contributed by atoms with E-state index in [1.54, 1.807) is 19.5 Å². The lowest BCUT2D eigenvalue weighted by Crippen LogP contribution is -2.18. The number of hydrazone groups is 1. The van der Waals surface area contributed by atoms with Gasteiger partial charge < -0.3 is 9.30 Å². The Morgan fingerprint density at radius 3 is 2.57 bits per heavy atom. The first kappa shape index (κ1) is 19.4. The molecule has 2 aromatic carbocycles. The maximum absolute atomic E-state index is 12.7. The fourth-order valence-electron chi connectivity index (χ4n) is 3.59. The highest BCUT2D eigenvalue weighted by Gasteiger charge is 2.14. The van der Waals surface area contributed by atoms with Crippen LogP contribution in [0.25, 0.3) is 16.5 Å². The minimum atomic E-state index is -0.324. The van der Waals surface area contributed by atoms with Crippen LogP contribution in [-0.4, -0.2) is 28.8 Å². The summed E-state index contributed by atoms with van der Waals surface area (Å²) in [6.07, 6.45) is 5.21. The quantitative estimate of drug-likeness (QED) is 0.400. The molecule has 0 aliphatic heterocycles. The number of aromatic nitrogens is 2. The highest BCUT2D eigenvalue weighted by atomic mass is 16.5. The van der Waals surface area contributed by atoms with Gasteiger partial charge in [0.2, 0.25) is 0 Å². The van der Waals surface area contributed by atoms with Gasteiger partial charge in [-0.3, -0.25) is 9.78 Å². The number of aryl methyl sites for hydroxylation is 1. The van der Waals surface area contributed by atoms with Crippen molar-refractivity contribution in [3.8, 4) is 11.4 Å². The second kappa shape index (κ2) is 8.21. The number of fused-ring (bicyclic) bond motifs is 1. The van der Waals surface area contributed by atoms with Crippen LogP contribution in [0, 0.1) is 13.8 Å². The average molecular weight is 398 g/mol. The predicted molar refractivity (Wildman–Crippen MR) is 119 cm³/mol. The van der Waals surface area contributed by atoms with Crippen LogP contribution in [0.15, 0.2) is 72.1 Å². The molecule has 0 bridgehead atoms. The molecule has 0 fully saturated rings. The number of ether oxygens (including phenoxy) is 1. The van der Waals surface area contributed by atoms with Crippen LogP contribution in [-0.2, 0) is 0 Å². The monoisotopic (exact) mass is 398 g/mol. The Morgan fingerprint density at radius 1 is 1.10 bits per heavy atom. The van der Waals surface area contributed by atoms with Crippen molar-refractivity contribution in [3.63, 3.8) is 0 Å². The molecule has 6 nitrogen and oxygen atoms in total. The third-order valence-corrected chi connectivity index (χ3v) is 5.06. The molecule has 0 radical (unpaired) electrons. The van der Waals surface area contributed by atoms with Crippen LogP contribution >= 0.6 is 0 Å². The van der Waals surface area contributed by atoms with Crippen LogP contribution in [0.3, 0.4) is 0 Å². The molecular weight excluding hydrogens is 376 g/mol. The Bertz CT molecular complexity index is 1240. The van der Waals surface area contributed by atoms with E-state index < -0.39 is 0 Å². The Morgan fingerprint density at radius 2 is 1.87 bits per heavy atom. The van der Waals surface area contributed by atoms with Crippen LogP contribution < -0.4 is 10.2 Å². The Kier molecular flexibility index (Phi) is 5.30. The smallest absolute Gasteiger partial charge is 0.275 e. The van der Waals surface area contributed by atoms with Gasteiger partial charge >= 0.3 is 0 Å². The van der Waals surface area contributed by atoms with Crippen LogP contribution in [0.4, 0.5) is 0 Å². The second-order valence-electron chi connectivity index (χ2n) is 6.97. The van der Waals surface area contributed by atoms with Gasteiger partial charge in [0, 0.05) is 23.1 Å². The van der Waals surface area contributed by atoms with E-state index >= 15 is 0 Å². The summed E-state index contributed by atoms with van der Waals surface area (Å²) < 4.78 is 7.50. The van der Waals surface area contributed by atoms with Gasteiger partial charge in [-0.25, -0.2) is 5.43 Å². The molecule has 30 heavy (non-hydrogen) atoms. The van der Waals surface area contributed by atoms with Gasteiger partial charge in [-0.2, -0.15) is 5.10 Å². The van der Waals surface area contributed by atoms with Gasteiger partial charge in [-0.1, -0.05) is 24.3 Å². The summed E-state index contributed by atoms with van der Waals surface area (Å²) in [5.41, 5.74) is 7.03. The van der Waals surface area contributed by atoms with E-state index in [4.69, 9.17) is 4.74 Å². The van der Waals surface area contributed by atoms with Crippen molar-refractivity contribution in [2.24, 2.45) is 5.10 Å². The highest BCUT2D eigenvalue weighted by molar-refractivity contribution is 6.02. The maximum atomic E-state index is 12.7. The normalized spacial score (nSPS) is 11.2. The molecule has 150 valence electrons. The first-order valence-electron chi connectivity index (χ1n) is 9.58. The standard InChI is InChI=1S/C24H22N4O2/c1-16-11-20(17(2)28(16)21-9-6-10-25-15-21)14-26-27-24(29)22-12-18-7-4-5-8-19(18)13-23(22)30-3/h4-15H,1-3H3,(H,27,29)/b26-14-. The van der Waals surface area contributed by atoms with Crippen molar-refractivity contribution in [1.82, 2.24) is 15.0 Å². The molecule has 0 aliphatic carbocycles. The first-order valence-corrected chi connectivity index (χ1v) is 9.58. The molecule has 4 rings (SSSR count). The molecule has 0 saturated carbocycles. The second-order valence-corrected chi connectivity index (χ2v) is 6.97. The molecule has 0 unspecified atom stereocenters. The van der Waals surface area contributed by atoms with Crippen LogP contribution in [0.2, 0.25) is 0 Å². The van der Waals surface area contributed by atoms with Crippen molar-refractivity contribution in [1.29, 1.82) is 0 Å². The molecule has 0 atom stereocenters. The van der Waals surface area contributed by atoms with Gasteiger partial charge in [-0.05, 0) is 55.0 Å². The number of amides is 1. The summed E-state index contributed by atoms with van der Waals surface area (Å²) >= 11 is 0. The van der Waals surface area contributed by atoms with Crippen LogP contribution in [0.5, 0.6) is 5.75 Å². The van der Waals surface area contributed by atoms with Gasteiger partial charge in [-0.15, -0.1) is 0 Å². The van der Waals surface area contributed by atoms with E-state index in [1.165, 1.54) is 0 Å². The zero-order valence-electron chi connectivity index (χ0n) is 17.1. The number of hydrogen-bond acceptors (Lipinski definition) is 4. The highest BCUT2D eigenvalue weighted by Crippen LogP contribution is 2.26. The molecule has 1 N–H and O–H groups in total. The van der Waals surface area contributed by atoms with E-state index in [2.05, 4.69) is 20.1 Å². The van der Waals surface area contributed by atoms with Gasteiger partial charge in [0.05, 0.1) is 30.8 Å². The van der Waals surface area contributed by atoms with Crippen LogP contribution in [0.1, 0.15) is 27.3 Å². The van der Waals surface area contributed by atoms with Crippen molar-refractivity contribution >= 4 is 22.9 Å². The summed E-state index contributed by atoms with van der Waals surface area (Å²) in [5.74, 6) is 0.186. The lowest BCUT2D eigenvalue weighted by Gasteiger charge is -2.09. The molecule has 0 saturated heterocycles. The van der Waals surface area contributed by atoms with Gasteiger partial charge in [0.1, 0.15) is 5.75 Å². The van der Waals surface area contributed by atoms with Crippen molar-refractivity contribution < 1.29 is 9.53 Å². The average Bonchev–Trinajstić information content (AvgIpc) is 3.06. The molecule has 1 amide bonds. The largest absolute Gasteiger partial charge is 0.496 e. The van der Waals surface area contributed by atoms with Crippen molar-refractivity contribution in [2.45, 2.75) is 13.8 Å². The number of hydrogen-bond donors (Lipinski definition) is 1. The third kappa shape index (κ3) is 3.67. The minimum absolute atomic E-state index is 0.324. The summed E-state index contributed by atoms with van der Waals surface area (Å²) in [4.78, 5) is 16.9. The van der Waals surface area contributed by atoms with Crippen molar-refractivity contribution in [3.05, 3.63) is 89.5 Å². The summed E-state index contributed by atoms with van der Waals surface area (Å²) in [5, 5.41) is 6.15. The lowest BCUT2D eigenvalue weighted by molar-refractivity contribution is 0.0952. The summed E-state index contributed by atoms with van der Waals surface area (Å²) in [6, 6.07) is 17.4. The summed E-state index contributed by atoms with van der Waals surface area (Å²) in [6.45, 7) is 4.03. The summed E-state index contributed by atoms with van der Waals surface area (Å²) in [7, 11) is 1.55. The Labute approximate surface area is 174 Å². The third-order valence-electron chi connectivity index (χ3n) is 5.06. The predicted octanol–water partition coefficient (Wildman–Crippen LogP) is 4.41. The Hall–Kier alpha value is -3.93. The zero-order chi connectivity index (χ0) is 21.1. The van der Waals surface area contributed by atoms with E-state index in [-0.39, 0.29) is 5.91 Å². The molecule has 6 heteroatoms. The minimum Gasteiger partial charge on any atom is -0.496 e. The van der Waals surface area contributed by atoms with E-state index in [0.717, 1.165) is 33.4 Å². The molecule has 0 spiro atoms. The van der Waals surface area contributed by atoms with Gasteiger partial charge in [0.15, 0.2) is 0 Å². The van der Waals surface area contributed by atoms with E-state index in [9.17, 15) is 4.79 Å². The topological polar surface area (TPSA) is 68.5 Å². The molecule has 4 aromatic rings. The molecule has 2 aromatic heterocycles. The maximum Gasteiger partial charge on any atom is 0.275 e. The molecule has 0 aliphatic rings. The first-order chi connectivity index (χ1) is 14.6. The number of methoxy groups -OCH3 is 1. The van der Waals surface area contributed by atoms with E-state index in [0.29, 0.717) is 11.3 Å². The fraction of sp³-hybridized carbons (Fsp3) is 0.125. The number of pyridine rings is 1. The van der Waals surface area contributed by atoms with Crippen molar-refractivity contribution in [2.75, 3.05) is 7.11 Å². The van der Waals surface area contributed by atoms with E-state index in [1.807, 2.05) is 74.6 Å². The number of rotatable bonds is 5. The number of benzene rings is 2. The fourth-order valence-corrected chi connectivity index (χ4v) is 3.59. The zero-order valence-corrected chi connectivity index (χ0v) is 17.1. The lowest BCUT2D eigenvalue weighted by atomic mass is 10.1. The Balaban J connectivity index is 1.57. The number of carbonyl (C=O) groups is 1. The number of nitrogens with one attached hydrogen (secondary N) is 1. The number of carbonyl (C=O) groups excluding carboxylic acids is 1. The molecule has 2 heterocycles. The van der Waals surface area contributed by atoms with Gasteiger partial charge in [0.25, 0.3) is 5.91 Å². The SMILES string of the molecule is COc1cc2ccccc2cc1C(=O)N/N=C\c1cc(C)n(-c2cccnc2)c1C. The number of nitrogens with zero attached hydrogens (tertiary/aromatic N) is 3.